The number of anilines is 2. The predicted octanol–water partition coefficient (Wildman–Crippen LogP) is 2.66. The van der Waals surface area contributed by atoms with Gasteiger partial charge in [0.1, 0.15) is 0 Å². The van der Waals surface area contributed by atoms with Gasteiger partial charge in [0, 0.05) is 30.3 Å². The van der Waals surface area contributed by atoms with E-state index in [0.29, 0.717) is 12.2 Å². The molecule has 0 fully saturated rings. The van der Waals surface area contributed by atoms with Gasteiger partial charge in [0.2, 0.25) is 11.8 Å². The number of rotatable bonds is 7. The summed E-state index contributed by atoms with van der Waals surface area (Å²) in [7, 11) is 0. The quantitative estimate of drug-likeness (QED) is 0.722. The van der Waals surface area contributed by atoms with Crippen molar-refractivity contribution in [2.24, 2.45) is 11.7 Å². The van der Waals surface area contributed by atoms with Gasteiger partial charge in [0.05, 0.1) is 0 Å². The Morgan fingerprint density at radius 2 is 1.86 bits per heavy atom. The Bertz CT molecular complexity index is 496. The minimum Gasteiger partial charge on any atom is -0.330 e. The largest absolute Gasteiger partial charge is 0.330 e. The Labute approximate surface area is 126 Å². The highest BCUT2D eigenvalue weighted by atomic mass is 16.2. The summed E-state index contributed by atoms with van der Waals surface area (Å²) in [5, 5.41) is 5.71. The Morgan fingerprint density at radius 3 is 2.43 bits per heavy atom. The molecule has 4 N–H and O–H groups in total. The summed E-state index contributed by atoms with van der Waals surface area (Å²) < 4.78 is 0. The summed E-state index contributed by atoms with van der Waals surface area (Å²) in [5.41, 5.74) is 7.71. The van der Waals surface area contributed by atoms with Crippen molar-refractivity contribution in [3.8, 4) is 0 Å². The molecule has 2 amide bonds. The normalized spacial score (nSPS) is 10.5. The number of hydrogen-bond acceptors (Lipinski definition) is 3. The molecule has 0 saturated heterocycles. The molecule has 0 unspecified atom stereocenters. The van der Waals surface area contributed by atoms with Crippen LogP contribution in [0.25, 0.3) is 0 Å². The fourth-order valence-electron chi connectivity index (χ4n) is 2.08. The first kappa shape index (κ1) is 17.2. The second-order valence-corrected chi connectivity index (χ2v) is 5.12. The van der Waals surface area contributed by atoms with Crippen LogP contribution in [0.15, 0.2) is 18.2 Å². The van der Waals surface area contributed by atoms with Crippen molar-refractivity contribution >= 4 is 23.2 Å². The lowest BCUT2D eigenvalue weighted by Crippen LogP contribution is -2.22. The van der Waals surface area contributed by atoms with Crippen molar-refractivity contribution in [3.05, 3.63) is 23.8 Å². The molecule has 1 aromatic rings. The summed E-state index contributed by atoms with van der Waals surface area (Å²) in [6.07, 6.45) is 1.91. The van der Waals surface area contributed by atoms with E-state index in [-0.39, 0.29) is 24.2 Å². The number of amides is 2. The lowest BCUT2D eigenvalue weighted by Gasteiger charge is -2.15. The molecule has 5 heteroatoms. The summed E-state index contributed by atoms with van der Waals surface area (Å²) >= 11 is 0. The molecule has 0 bridgehead atoms. The van der Waals surface area contributed by atoms with Gasteiger partial charge in [-0.05, 0) is 37.5 Å². The molecule has 0 aliphatic carbocycles. The van der Waals surface area contributed by atoms with Crippen LogP contribution in [-0.2, 0) is 9.59 Å². The van der Waals surface area contributed by atoms with Crippen molar-refractivity contribution in [3.63, 3.8) is 0 Å². The molecule has 0 aliphatic heterocycles. The summed E-state index contributed by atoms with van der Waals surface area (Å²) in [6, 6.07) is 5.47. The lowest BCUT2D eigenvalue weighted by atomic mass is 10.0. The molecule has 0 saturated carbocycles. The van der Waals surface area contributed by atoms with E-state index in [9.17, 15) is 9.59 Å². The first-order valence-electron chi connectivity index (χ1n) is 7.43. The number of nitrogens with two attached hydrogens (primary N) is 1. The van der Waals surface area contributed by atoms with E-state index < -0.39 is 0 Å². The molecule has 0 heterocycles. The van der Waals surface area contributed by atoms with E-state index in [0.717, 1.165) is 24.1 Å². The second-order valence-electron chi connectivity index (χ2n) is 5.12. The van der Waals surface area contributed by atoms with Crippen LogP contribution in [0.4, 0.5) is 11.4 Å². The fourth-order valence-corrected chi connectivity index (χ4v) is 2.08. The molecule has 0 aromatic heterocycles. The lowest BCUT2D eigenvalue weighted by molar-refractivity contribution is -0.120. The average molecular weight is 291 g/mol. The standard InChI is InChI=1S/C16H25N3O2/c1-4-12(5-2)16(21)19-14-10-13(7-6-11(14)3)18-15(20)8-9-17/h6-7,10,12H,4-5,8-9,17H2,1-3H3,(H,18,20)(H,19,21). The number of aryl methyl sites for hydroxylation is 1. The molecular weight excluding hydrogens is 266 g/mol. The first-order valence-corrected chi connectivity index (χ1v) is 7.43. The molecule has 0 spiro atoms. The number of carbonyl (C=O) groups is 2. The van der Waals surface area contributed by atoms with Gasteiger partial charge < -0.3 is 16.4 Å². The van der Waals surface area contributed by atoms with Crippen LogP contribution in [0.5, 0.6) is 0 Å². The van der Waals surface area contributed by atoms with E-state index >= 15 is 0 Å². The van der Waals surface area contributed by atoms with Crippen molar-refractivity contribution in [2.45, 2.75) is 40.0 Å². The van der Waals surface area contributed by atoms with Crippen LogP contribution in [0.1, 0.15) is 38.7 Å². The van der Waals surface area contributed by atoms with Gasteiger partial charge in [-0.15, -0.1) is 0 Å². The van der Waals surface area contributed by atoms with Crippen LogP contribution in [0.2, 0.25) is 0 Å². The molecular formula is C16H25N3O2. The van der Waals surface area contributed by atoms with Crippen LogP contribution >= 0.6 is 0 Å². The molecule has 116 valence electrons. The van der Waals surface area contributed by atoms with Gasteiger partial charge in [-0.2, -0.15) is 0 Å². The van der Waals surface area contributed by atoms with E-state index in [1.165, 1.54) is 0 Å². The second kappa shape index (κ2) is 8.42. The molecule has 21 heavy (non-hydrogen) atoms. The van der Waals surface area contributed by atoms with Gasteiger partial charge in [0.15, 0.2) is 0 Å². The number of hydrogen-bond donors (Lipinski definition) is 3. The SMILES string of the molecule is CCC(CC)C(=O)Nc1cc(NC(=O)CCN)ccc1C. The summed E-state index contributed by atoms with van der Waals surface area (Å²) in [5.74, 6) is -0.0907. The average Bonchev–Trinajstić information content (AvgIpc) is 2.44. The minimum absolute atomic E-state index is 0.0138. The molecule has 1 aromatic carbocycles. The van der Waals surface area contributed by atoms with E-state index in [4.69, 9.17) is 5.73 Å². The van der Waals surface area contributed by atoms with Crippen LogP contribution < -0.4 is 16.4 Å². The molecule has 0 aliphatic rings. The van der Waals surface area contributed by atoms with Gasteiger partial charge >= 0.3 is 0 Å². The Balaban J connectivity index is 2.82. The van der Waals surface area contributed by atoms with Gasteiger partial charge in [-0.1, -0.05) is 19.9 Å². The molecule has 0 radical (unpaired) electrons. The van der Waals surface area contributed by atoms with E-state index in [1.807, 2.05) is 32.9 Å². The topological polar surface area (TPSA) is 84.2 Å². The smallest absolute Gasteiger partial charge is 0.227 e. The Morgan fingerprint density at radius 1 is 1.19 bits per heavy atom. The third kappa shape index (κ3) is 5.19. The van der Waals surface area contributed by atoms with Crippen molar-refractivity contribution in [2.75, 3.05) is 17.2 Å². The van der Waals surface area contributed by atoms with Crippen LogP contribution in [-0.4, -0.2) is 18.4 Å². The first-order chi connectivity index (χ1) is 10.0. The van der Waals surface area contributed by atoms with Gasteiger partial charge in [0.25, 0.3) is 0 Å². The zero-order chi connectivity index (χ0) is 15.8. The molecule has 1 rings (SSSR count). The van der Waals surface area contributed by atoms with Crippen molar-refractivity contribution in [1.29, 1.82) is 0 Å². The maximum atomic E-state index is 12.1. The zero-order valence-electron chi connectivity index (χ0n) is 13.0. The van der Waals surface area contributed by atoms with Crippen molar-refractivity contribution < 1.29 is 9.59 Å². The molecule has 5 nitrogen and oxygen atoms in total. The summed E-state index contributed by atoms with van der Waals surface area (Å²) in [6.45, 7) is 6.25. The maximum Gasteiger partial charge on any atom is 0.227 e. The zero-order valence-corrected chi connectivity index (χ0v) is 13.0. The maximum absolute atomic E-state index is 12.1. The highest BCUT2D eigenvalue weighted by Crippen LogP contribution is 2.22. The van der Waals surface area contributed by atoms with E-state index in [1.54, 1.807) is 6.07 Å². The number of carbonyl (C=O) groups excluding carboxylic acids is 2. The van der Waals surface area contributed by atoms with Crippen LogP contribution in [0.3, 0.4) is 0 Å². The highest BCUT2D eigenvalue weighted by Gasteiger charge is 2.15. The Kier molecular flexibility index (Phi) is 6.88. The summed E-state index contributed by atoms with van der Waals surface area (Å²) in [4.78, 5) is 23.7. The predicted molar refractivity (Wildman–Crippen MR) is 86.2 cm³/mol. The third-order valence-corrected chi connectivity index (χ3v) is 3.51. The monoisotopic (exact) mass is 291 g/mol. The van der Waals surface area contributed by atoms with Crippen LogP contribution in [0, 0.1) is 12.8 Å². The number of benzene rings is 1. The van der Waals surface area contributed by atoms with Crippen molar-refractivity contribution in [1.82, 2.24) is 0 Å². The van der Waals surface area contributed by atoms with Gasteiger partial charge in [-0.3, -0.25) is 9.59 Å². The Hall–Kier alpha value is -1.88. The molecule has 0 atom stereocenters. The third-order valence-electron chi connectivity index (χ3n) is 3.51. The fraction of sp³-hybridized carbons (Fsp3) is 0.500. The van der Waals surface area contributed by atoms with Gasteiger partial charge in [-0.25, -0.2) is 0 Å². The minimum atomic E-state index is -0.126. The van der Waals surface area contributed by atoms with E-state index in [2.05, 4.69) is 10.6 Å². The highest BCUT2D eigenvalue weighted by molar-refractivity contribution is 5.95. The number of nitrogens with one attached hydrogen (secondary N) is 2.